The summed E-state index contributed by atoms with van der Waals surface area (Å²) in [7, 11) is 0. The van der Waals surface area contributed by atoms with Gasteiger partial charge in [-0.15, -0.1) is 0 Å². The van der Waals surface area contributed by atoms with Gasteiger partial charge in [0.15, 0.2) is 0 Å². The van der Waals surface area contributed by atoms with Crippen LogP contribution in [0.15, 0.2) is 72.3 Å². The van der Waals surface area contributed by atoms with E-state index in [0.717, 1.165) is 11.1 Å². The van der Waals surface area contributed by atoms with Crippen LogP contribution in [-0.2, 0) is 9.59 Å². The Kier molecular flexibility index (Phi) is 6.24. The van der Waals surface area contributed by atoms with Crippen LogP contribution in [0.2, 0.25) is 0 Å². The van der Waals surface area contributed by atoms with E-state index < -0.39 is 23.5 Å². The largest absolute Gasteiger partial charge is 0.507 e. The molecule has 6 heteroatoms. The molecule has 0 spiro atoms. The third-order valence-electron chi connectivity index (χ3n) is 5.77. The zero-order chi connectivity index (χ0) is 24.6. The van der Waals surface area contributed by atoms with Crippen LogP contribution in [0.5, 0.6) is 5.75 Å². The fourth-order valence-electron chi connectivity index (χ4n) is 4.13. The number of halogens is 1. The number of benzene rings is 3. The maximum absolute atomic E-state index is 15.0. The Bertz CT molecular complexity index is 1290. The minimum atomic E-state index is -1.11. The fourth-order valence-corrected chi connectivity index (χ4v) is 4.13. The highest BCUT2D eigenvalue weighted by atomic mass is 19.1. The van der Waals surface area contributed by atoms with Crippen LogP contribution in [0.1, 0.15) is 42.1 Å². The zero-order valence-corrected chi connectivity index (χ0v) is 19.5. The van der Waals surface area contributed by atoms with Crippen molar-refractivity contribution in [2.45, 2.75) is 39.8 Å². The number of amides is 1. The van der Waals surface area contributed by atoms with Gasteiger partial charge in [0.25, 0.3) is 11.7 Å². The number of ketones is 1. The van der Waals surface area contributed by atoms with Gasteiger partial charge < -0.3 is 9.84 Å². The van der Waals surface area contributed by atoms with Crippen molar-refractivity contribution in [2.75, 3.05) is 4.90 Å². The van der Waals surface area contributed by atoms with E-state index in [4.69, 9.17) is 4.74 Å². The Balaban J connectivity index is 1.91. The quantitative estimate of drug-likeness (QED) is 0.295. The second-order valence-corrected chi connectivity index (χ2v) is 8.67. The summed E-state index contributed by atoms with van der Waals surface area (Å²) in [6, 6.07) is 16.9. The smallest absolute Gasteiger partial charge is 0.300 e. The van der Waals surface area contributed by atoms with Gasteiger partial charge in [-0.25, -0.2) is 4.39 Å². The van der Waals surface area contributed by atoms with Crippen LogP contribution in [-0.4, -0.2) is 22.9 Å². The number of anilines is 1. The number of aliphatic hydroxyl groups excluding tert-OH is 1. The number of hydrogen-bond acceptors (Lipinski definition) is 4. The molecule has 1 fully saturated rings. The number of aliphatic hydroxyl groups is 1. The van der Waals surface area contributed by atoms with Crippen LogP contribution in [0.3, 0.4) is 0 Å². The van der Waals surface area contributed by atoms with Crippen molar-refractivity contribution in [3.05, 3.63) is 100 Å². The van der Waals surface area contributed by atoms with Crippen LogP contribution < -0.4 is 9.64 Å². The van der Waals surface area contributed by atoms with Crippen LogP contribution in [0, 0.1) is 19.7 Å². The molecule has 1 atom stereocenters. The molecule has 0 saturated carbocycles. The lowest BCUT2D eigenvalue weighted by molar-refractivity contribution is -0.132. The zero-order valence-electron chi connectivity index (χ0n) is 19.5. The maximum atomic E-state index is 15.0. The predicted molar refractivity (Wildman–Crippen MR) is 129 cm³/mol. The number of carbonyl (C=O) groups is 2. The summed E-state index contributed by atoms with van der Waals surface area (Å²) in [6.07, 6.45) is -0.0287. The van der Waals surface area contributed by atoms with Gasteiger partial charge >= 0.3 is 0 Å². The van der Waals surface area contributed by atoms with Crippen molar-refractivity contribution in [1.29, 1.82) is 0 Å². The standard InChI is InChI=1S/C28H26FNO4/c1-16(2)34-23-14-11-19(15-18(23)4)26(31)24-25(21-7-5-6-8-22(21)29)30(28(33)27(24)32)20-12-9-17(3)10-13-20/h5-16,25,31H,1-4H3/b26-24+. The molecule has 174 valence electrons. The molecular weight excluding hydrogens is 433 g/mol. The van der Waals surface area contributed by atoms with Gasteiger partial charge in [-0.05, 0) is 69.7 Å². The molecule has 1 heterocycles. The van der Waals surface area contributed by atoms with E-state index >= 15 is 0 Å². The summed E-state index contributed by atoms with van der Waals surface area (Å²) >= 11 is 0. The summed E-state index contributed by atoms with van der Waals surface area (Å²) < 4.78 is 20.7. The van der Waals surface area contributed by atoms with Gasteiger partial charge in [0.05, 0.1) is 17.7 Å². The number of hydrogen-bond donors (Lipinski definition) is 1. The SMILES string of the molecule is Cc1ccc(N2C(=O)C(=O)/C(=C(/O)c3ccc(OC(C)C)c(C)c3)C2c2ccccc2F)cc1. The lowest BCUT2D eigenvalue weighted by atomic mass is 9.94. The van der Waals surface area contributed by atoms with Gasteiger partial charge in [-0.3, -0.25) is 14.5 Å². The average molecular weight is 460 g/mol. The highest BCUT2D eigenvalue weighted by Gasteiger charge is 2.47. The van der Waals surface area contributed by atoms with Crippen molar-refractivity contribution in [3.63, 3.8) is 0 Å². The number of rotatable bonds is 5. The third-order valence-corrected chi connectivity index (χ3v) is 5.77. The minimum absolute atomic E-state index is 0.0287. The molecule has 1 saturated heterocycles. The average Bonchev–Trinajstić information content (AvgIpc) is 3.06. The highest BCUT2D eigenvalue weighted by Crippen LogP contribution is 2.43. The molecule has 0 bridgehead atoms. The number of Topliss-reactive ketones (excluding diaryl/α,β-unsaturated/α-hetero) is 1. The summed E-state index contributed by atoms with van der Waals surface area (Å²) in [5, 5.41) is 11.3. The van der Waals surface area contributed by atoms with Crippen molar-refractivity contribution in [1.82, 2.24) is 0 Å². The van der Waals surface area contributed by atoms with E-state index in [1.807, 2.05) is 39.8 Å². The second kappa shape index (κ2) is 9.14. The van der Waals surface area contributed by atoms with Crippen molar-refractivity contribution >= 4 is 23.1 Å². The number of aryl methyl sites for hydroxylation is 2. The summed E-state index contributed by atoms with van der Waals surface area (Å²) in [5.74, 6) is -1.98. The first-order chi connectivity index (χ1) is 16.2. The Hall–Kier alpha value is -3.93. The molecule has 0 radical (unpaired) electrons. The summed E-state index contributed by atoms with van der Waals surface area (Å²) in [5.41, 5.74) is 2.48. The Morgan fingerprint density at radius 3 is 2.29 bits per heavy atom. The molecule has 1 unspecified atom stereocenters. The van der Waals surface area contributed by atoms with Gasteiger partial charge in [-0.1, -0.05) is 35.9 Å². The van der Waals surface area contributed by atoms with E-state index in [9.17, 15) is 19.1 Å². The second-order valence-electron chi connectivity index (χ2n) is 8.67. The van der Waals surface area contributed by atoms with Crippen molar-refractivity contribution < 1.29 is 23.8 Å². The van der Waals surface area contributed by atoms with E-state index in [1.165, 1.54) is 23.1 Å². The topological polar surface area (TPSA) is 66.8 Å². The molecule has 0 aromatic heterocycles. The molecule has 3 aromatic rings. The first-order valence-electron chi connectivity index (χ1n) is 11.1. The molecular formula is C28H26FNO4. The molecule has 3 aromatic carbocycles. The van der Waals surface area contributed by atoms with Gasteiger partial charge in [0.1, 0.15) is 17.3 Å². The predicted octanol–water partition coefficient (Wildman–Crippen LogP) is 5.86. The summed E-state index contributed by atoms with van der Waals surface area (Å²) in [4.78, 5) is 27.6. The summed E-state index contributed by atoms with van der Waals surface area (Å²) in [6.45, 7) is 7.55. The lowest BCUT2D eigenvalue weighted by Gasteiger charge is -2.26. The van der Waals surface area contributed by atoms with Gasteiger partial charge in [0, 0.05) is 16.8 Å². The van der Waals surface area contributed by atoms with Crippen LogP contribution in [0.25, 0.3) is 5.76 Å². The number of ether oxygens (including phenoxy) is 1. The highest BCUT2D eigenvalue weighted by molar-refractivity contribution is 6.51. The molecule has 34 heavy (non-hydrogen) atoms. The molecule has 1 N–H and O–H groups in total. The van der Waals surface area contributed by atoms with Crippen LogP contribution >= 0.6 is 0 Å². The van der Waals surface area contributed by atoms with E-state index in [2.05, 4.69) is 0 Å². The Labute approximate surface area is 198 Å². The first-order valence-corrected chi connectivity index (χ1v) is 11.1. The molecule has 1 amide bonds. The lowest BCUT2D eigenvalue weighted by Crippen LogP contribution is -2.29. The minimum Gasteiger partial charge on any atom is -0.507 e. The normalized spacial score (nSPS) is 17.5. The van der Waals surface area contributed by atoms with Gasteiger partial charge in [-0.2, -0.15) is 0 Å². The molecule has 5 nitrogen and oxygen atoms in total. The van der Waals surface area contributed by atoms with E-state index in [1.54, 1.807) is 36.4 Å². The van der Waals surface area contributed by atoms with E-state index in [0.29, 0.717) is 17.0 Å². The monoisotopic (exact) mass is 459 g/mol. The number of carbonyl (C=O) groups excluding carboxylic acids is 2. The molecule has 0 aliphatic carbocycles. The Morgan fingerprint density at radius 1 is 1.00 bits per heavy atom. The maximum Gasteiger partial charge on any atom is 0.300 e. The van der Waals surface area contributed by atoms with Crippen molar-refractivity contribution in [3.8, 4) is 5.75 Å². The van der Waals surface area contributed by atoms with Gasteiger partial charge in [0.2, 0.25) is 0 Å². The number of nitrogens with zero attached hydrogens (tertiary/aromatic N) is 1. The van der Waals surface area contributed by atoms with Crippen LogP contribution in [0.4, 0.5) is 10.1 Å². The van der Waals surface area contributed by atoms with E-state index in [-0.39, 0.29) is 23.0 Å². The molecule has 1 aliphatic heterocycles. The fraction of sp³-hybridized carbons (Fsp3) is 0.214. The first kappa shape index (κ1) is 23.2. The van der Waals surface area contributed by atoms with Crippen molar-refractivity contribution in [2.24, 2.45) is 0 Å². The molecule has 4 rings (SSSR count). The third kappa shape index (κ3) is 4.19. The molecule has 1 aliphatic rings. The Morgan fingerprint density at radius 2 is 1.68 bits per heavy atom.